The third kappa shape index (κ3) is 3.39. The van der Waals surface area contributed by atoms with Crippen LogP contribution < -0.4 is 5.32 Å². The lowest BCUT2D eigenvalue weighted by Gasteiger charge is -2.07. The van der Waals surface area contributed by atoms with Gasteiger partial charge in [0.05, 0.1) is 16.7 Å². The van der Waals surface area contributed by atoms with E-state index in [9.17, 15) is 4.79 Å². The molecule has 0 aliphatic carbocycles. The van der Waals surface area contributed by atoms with Crippen LogP contribution in [0, 0.1) is 0 Å². The van der Waals surface area contributed by atoms with E-state index in [0.29, 0.717) is 17.6 Å². The maximum atomic E-state index is 12.4. The number of nitrogens with zero attached hydrogens (tertiary/aromatic N) is 4. The molecule has 126 valence electrons. The molecule has 0 radical (unpaired) electrons. The molecule has 0 saturated heterocycles. The first kappa shape index (κ1) is 15.8. The van der Waals surface area contributed by atoms with Crippen molar-refractivity contribution in [2.75, 3.05) is 0 Å². The fraction of sp³-hybridized carbons (Fsp3) is 0.0500. The third-order valence-corrected chi connectivity index (χ3v) is 3.99. The second-order valence-corrected chi connectivity index (χ2v) is 5.73. The summed E-state index contributed by atoms with van der Waals surface area (Å²) in [5, 5.41) is 2.93. The normalized spacial score (nSPS) is 10.6. The predicted octanol–water partition coefficient (Wildman–Crippen LogP) is 3.02. The Morgan fingerprint density at radius 3 is 2.46 bits per heavy atom. The van der Waals surface area contributed by atoms with Gasteiger partial charge in [0, 0.05) is 48.7 Å². The Hall–Kier alpha value is -3.67. The average Bonchev–Trinajstić information content (AvgIpc) is 2.72. The Balaban J connectivity index is 1.49. The Morgan fingerprint density at radius 1 is 0.808 bits per heavy atom. The summed E-state index contributed by atoms with van der Waals surface area (Å²) in [6.07, 6.45) is 8.44. The van der Waals surface area contributed by atoms with Crippen LogP contribution in [0.2, 0.25) is 0 Å². The molecule has 6 nitrogen and oxygen atoms in total. The predicted molar refractivity (Wildman–Crippen MR) is 98.2 cm³/mol. The largest absolute Gasteiger partial charge is 0.348 e. The molecule has 3 heterocycles. The van der Waals surface area contributed by atoms with E-state index in [1.807, 2.05) is 24.3 Å². The van der Waals surface area contributed by atoms with Crippen molar-refractivity contribution in [1.29, 1.82) is 0 Å². The molecule has 0 bridgehead atoms. The zero-order valence-corrected chi connectivity index (χ0v) is 13.8. The number of nitrogens with one attached hydrogen (secondary N) is 1. The van der Waals surface area contributed by atoms with Gasteiger partial charge in [-0.05, 0) is 48.0 Å². The Labute approximate surface area is 150 Å². The van der Waals surface area contributed by atoms with Crippen molar-refractivity contribution in [3.63, 3.8) is 0 Å². The molecule has 0 aliphatic rings. The van der Waals surface area contributed by atoms with E-state index in [1.165, 1.54) is 0 Å². The summed E-state index contributed by atoms with van der Waals surface area (Å²) in [5.74, 6) is -0.153. The molecule has 1 aromatic carbocycles. The average molecular weight is 341 g/mol. The Kier molecular flexibility index (Phi) is 4.30. The molecule has 26 heavy (non-hydrogen) atoms. The van der Waals surface area contributed by atoms with Gasteiger partial charge in [-0.1, -0.05) is 0 Å². The first-order chi connectivity index (χ1) is 12.8. The minimum absolute atomic E-state index is 0.153. The number of carbonyl (C=O) groups excluding carboxylic acids is 1. The molecule has 0 fully saturated rings. The smallest absolute Gasteiger partial charge is 0.251 e. The van der Waals surface area contributed by atoms with E-state index in [2.05, 4.69) is 25.3 Å². The summed E-state index contributed by atoms with van der Waals surface area (Å²) >= 11 is 0. The Bertz CT molecular complexity index is 1070. The number of fused-ring (bicyclic) bond motifs is 1. The maximum Gasteiger partial charge on any atom is 0.251 e. The lowest BCUT2D eigenvalue weighted by Crippen LogP contribution is -2.22. The standard InChI is InChI=1S/C20H15N5O/c26-20(16-1-2-17-19(12-16)24-10-9-23-17)25-13-14-3-8-22-18(11-14)15-4-6-21-7-5-15/h1-12H,13H2,(H,25,26). The van der Waals surface area contributed by atoms with Crippen LogP contribution in [0.15, 0.2) is 73.4 Å². The molecule has 4 aromatic rings. The fourth-order valence-electron chi connectivity index (χ4n) is 2.65. The van der Waals surface area contributed by atoms with Gasteiger partial charge < -0.3 is 5.32 Å². The monoisotopic (exact) mass is 341 g/mol. The van der Waals surface area contributed by atoms with Gasteiger partial charge in [0.15, 0.2) is 0 Å². The second kappa shape index (κ2) is 7.06. The molecule has 0 unspecified atom stereocenters. The van der Waals surface area contributed by atoms with Gasteiger partial charge in [-0.2, -0.15) is 0 Å². The third-order valence-electron chi connectivity index (χ3n) is 3.99. The van der Waals surface area contributed by atoms with Crippen LogP contribution in [0.1, 0.15) is 15.9 Å². The highest BCUT2D eigenvalue weighted by atomic mass is 16.1. The van der Waals surface area contributed by atoms with Crippen LogP contribution in [0.4, 0.5) is 0 Å². The van der Waals surface area contributed by atoms with E-state index in [-0.39, 0.29) is 5.91 Å². The lowest BCUT2D eigenvalue weighted by molar-refractivity contribution is 0.0951. The number of benzene rings is 1. The first-order valence-corrected chi connectivity index (χ1v) is 8.14. The van der Waals surface area contributed by atoms with Gasteiger partial charge >= 0.3 is 0 Å². The minimum atomic E-state index is -0.153. The summed E-state index contributed by atoms with van der Waals surface area (Å²) in [6.45, 7) is 0.415. The first-order valence-electron chi connectivity index (χ1n) is 8.14. The molecule has 6 heteroatoms. The van der Waals surface area contributed by atoms with Crippen molar-refractivity contribution in [2.24, 2.45) is 0 Å². The summed E-state index contributed by atoms with van der Waals surface area (Å²) in [6, 6.07) is 12.9. The SMILES string of the molecule is O=C(NCc1ccnc(-c2ccncc2)c1)c1ccc2nccnc2c1. The van der Waals surface area contributed by atoms with Crippen molar-refractivity contribution in [2.45, 2.75) is 6.54 Å². The van der Waals surface area contributed by atoms with E-state index in [1.54, 1.807) is 49.2 Å². The van der Waals surface area contributed by atoms with E-state index in [4.69, 9.17) is 0 Å². The second-order valence-electron chi connectivity index (χ2n) is 5.73. The Morgan fingerprint density at radius 2 is 1.62 bits per heavy atom. The van der Waals surface area contributed by atoms with Crippen LogP contribution in [-0.2, 0) is 6.54 Å². The van der Waals surface area contributed by atoms with Gasteiger partial charge in [-0.15, -0.1) is 0 Å². The van der Waals surface area contributed by atoms with Gasteiger partial charge in [0.1, 0.15) is 0 Å². The van der Waals surface area contributed by atoms with Crippen molar-refractivity contribution in [3.05, 3.63) is 84.6 Å². The summed E-state index contributed by atoms with van der Waals surface area (Å²) in [5.41, 5.74) is 4.83. The molecule has 4 rings (SSSR count). The highest BCUT2D eigenvalue weighted by Crippen LogP contribution is 2.17. The van der Waals surface area contributed by atoms with Crippen molar-refractivity contribution in [1.82, 2.24) is 25.3 Å². The van der Waals surface area contributed by atoms with E-state index in [0.717, 1.165) is 22.3 Å². The van der Waals surface area contributed by atoms with Crippen LogP contribution in [-0.4, -0.2) is 25.8 Å². The molecule has 0 saturated carbocycles. The van der Waals surface area contributed by atoms with Gasteiger partial charge in [0.25, 0.3) is 5.91 Å². The highest BCUT2D eigenvalue weighted by Gasteiger charge is 2.08. The number of rotatable bonds is 4. The molecular formula is C20H15N5O. The number of carbonyl (C=O) groups is 1. The molecule has 0 spiro atoms. The summed E-state index contributed by atoms with van der Waals surface area (Å²) in [4.78, 5) is 29.3. The number of amides is 1. The molecule has 1 N–H and O–H groups in total. The molecule has 0 aliphatic heterocycles. The van der Waals surface area contributed by atoms with Crippen molar-refractivity contribution in [3.8, 4) is 11.3 Å². The number of pyridine rings is 2. The van der Waals surface area contributed by atoms with Gasteiger partial charge in [0.2, 0.25) is 0 Å². The van der Waals surface area contributed by atoms with Crippen LogP contribution in [0.3, 0.4) is 0 Å². The quantitative estimate of drug-likeness (QED) is 0.617. The maximum absolute atomic E-state index is 12.4. The van der Waals surface area contributed by atoms with E-state index < -0.39 is 0 Å². The molecule has 1 amide bonds. The van der Waals surface area contributed by atoms with E-state index >= 15 is 0 Å². The van der Waals surface area contributed by atoms with Gasteiger partial charge in [-0.3, -0.25) is 24.7 Å². The number of hydrogen-bond donors (Lipinski definition) is 1. The van der Waals surface area contributed by atoms with Crippen LogP contribution >= 0.6 is 0 Å². The van der Waals surface area contributed by atoms with Crippen molar-refractivity contribution < 1.29 is 4.79 Å². The van der Waals surface area contributed by atoms with Gasteiger partial charge in [-0.25, -0.2) is 0 Å². The molecule has 3 aromatic heterocycles. The van der Waals surface area contributed by atoms with Crippen LogP contribution in [0.25, 0.3) is 22.3 Å². The summed E-state index contributed by atoms with van der Waals surface area (Å²) < 4.78 is 0. The molecule has 0 atom stereocenters. The zero-order chi connectivity index (χ0) is 17.8. The highest BCUT2D eigenvalue weighted by molar-refractivity contribution is 5.97. The zero-order valence-electron chi connectivity index (χ0n) is 13.8. The summed E-state index contributed by atoms with van der Waals surface area (Å²) in [7, 11) is 0. The lowest BCUT2D eigenvalue weighted by atomic mass is 10.1. The molecular weight excluding hydrogens is 326 g/mol. The van der Waals surface area contributed by atoms with Crippen LogP contribution in [0.5, 0.6) is 0 Å². The minimum Gasteiger partial charge on any atom is -0.348 e. The topological polar surface area (TPSA) is 80.7 Å². The fourth-order valence-corrected chi connectivity index (χ4v) is 2.65. The van der Waals surface area contributed by atoms with Crippen molar-refractivity contribution >= 4 is 16.9 Å². The number of hydrogen-bond acceptors (Lipinski definition) is 5. The number of aromatic nitrogens is 4.